The third-order valence-corrected chi connectivity index (χ3v) is 3.16. The van der Waals surface area contributed by atoms with Crippen molar-refractivity contribution in [1.82, 2.24) is 15.6 Å². The Labute approximate surface area is 152 Å². The zero-order valence-electron chi connectivity index (χ0n) is 15.2. The van der Waals surface area contributed by atoms with Crippen molar-refractivity contribution < 1.29 is 22.6 Å². The number of nitrogens with one attached hydrogen (secondary N) is 2. The average Bonchev–Trinajstić information content (AvgIpc) is 2.61. The average molecular weight is 376 g/mol. The Morgan fingerprint density at radius 3 is 2.62 bits per heavy atom. The van der Waals surface area contributed by atoms with Crippen LogP contribution in [-0.4, -0.2) is 50.0 Å². The topological polar surface area (TPSA) is 67.8 Å². The van der Waals surface area contributed by atoms with E-state index in [9.17, 15) is 13.2 Å². The fraction of sp³-hybridized carbons (Fsp3) is 0.647. The van der Waals surface area contributed by atoms with Gasteiger partial charge in [-0.2, -0.15) is 13.2 Å². The molecule has 0 spiro atoms. The van der Waals surface area contributed by atoms with Gasteiger partial charge in [0.1, 0.15) is 0 Å². The lowest BCUT2D eigenvalue weighted by atomic mass is 10.3. The third-order valence-electron chi connectivity index (χ3n) is 3.16. The number of hydrogen-bond donors (Lipinski definition) is 2. The maximum Gasteiger partial charge on any atom is 0.422 e. The molecule has 0 aliphatic carbocycles. The van der Waals surface area contributed by atoms with E-state index in [0.717, 1.165) is 44.7 Å². The van der Waals surface area contributed by atoms with E-state index in [1.807, 2.05) is 13.8 Å². The SMILES string of the molecule is CCNC(=NCc1ccc(OCC(F)(F)F)nc1)NCCCCOCC. The number of nitrogens with zero attached hydrogens (tertiary/aromatic N) is 2. The van der Waals surface area contributed by atoms with Crippen LogP contribution in [0.25, 0.3) is 0 Å². The van der Waals surface area contributed by atoms with Crippen molar-refractivity contribution in [2.75, 3.05) is 32.9 Å². The van der Waals surface area contributed by atoms with Gasteiger partial charge in [0.05, 0.1) is 6.54 Å². The molecule has 0 aliphatic heterocycles. The molecule has 9 heteroatoms. The number of ether oxygens (including phenoxy) is 2. The highest BCUT2D eigenvalue weighted by molar-refractivity contribution is 5.79. The molecule has 0 aliphatic rings. The van der Waals surface area contributed by atoms with Crippen molar-refractivity contribution >= 4 is 5.96 Å². The van der Waals surface area contributed by atoms with E-state index >= 15 is 0 Å². The van der Waals surface area contributed by atoms with Crippen LogP contribution in [0.2, 0.25) is 0 Å². The van der Waals surface area contributed by atoms with Crippen molar-refractivity contribution in [3.63, 3.8) is 0 Å². The number of alkyl halides is 3. The second-order valence-corrected chi connectivity index (χ2v) is 5.43. The highest BCUT2D eigenvalue weighted by Crippen LogP contribution is 2.17. The number of aromatic nitrogens is 1. The lowest BCUT2D eigenvalue weighted by Crippen LogP contribution is -2.37. The highest BCUT2D eigenvalue weighted by Gasteiger charge is 2.28. The Bertz CT molecular complexity index is 522. The second-order valence-electron chi connectivity index (χ2n) is 5.43. The molecule has 148 valence electrons. The molecular weight excluding hydrogens is 349 g/mol. The first-order chi connectivity index (χ1) is 12.4. The number of pyridine rings is 1. The molecule has 1 rings (SSSR count). The van der Waals surface area contributed by atoms with E-state index in [1.165, 1.54) is 12.3 Å². The van der Waals surface area contributed by atoms with Crippen LogP contribution in [0.15, 0.2) is 23.3 Å². The minimum absolute atomic E-state index is 0.0608. The Kier molecular flexibility index (Phi) is 10.5. The van der Waals surface area contributed by atoms with Crippen LogP contribution in [0, 0.1) is 0 Å². The molecule has 0 fully saturated rings. The van der Waals surface area contributed by atoms with Crippen LogP contribution in [0.1, 0.15) is 32.3 Å². The maximum atomic E-state index is 12.1. The van der Waals surface area contributed by atoms with Gasteiger partial charge in [-0.1, -0.05) is 6.07 Å². The van der Waals surface area contributed by atoms with Crippen molar-refractivity contribution in [3.8, 4) is 5.88 Å². The largest absolute Gasteiger partial charge is 0.468 e. The van der Waals surface area contributed by atoms with Gasteiger partial charge in [-0.3, -0.25) is 0 Å². The van der Waals surface area contributed by atoms with E-state index in [-0.39, 0.29) is 5.88 Å². The number of rotatable bonds is 11. The summed E-state index contributed by atoms with van der Waals surface area (Å²) < 4.78 is 46.2. The minimum atomic E-state index is -4.38. The monoisotopic (exact) mass is 376 g/mol. The van der Waals surface area contributed by atoms with Gasteiger partial charge in [-0.15, -0.1) is 0 Å². The third kappa shape index (κ3) is 10.8. The van der Waals surface area contributed by atoms with E-state index in [2.05, 4.69) is 25.3 Å². The molecule has 1 aromatic rings. The second kappa shape index (κ2) is 12.3. The van der Waals surface area contributed by atoms with Gasteiger partial charge in [0, 0.05) is 38.6 Å². The molecule has 26 heavy (non-hydrogen) atoms. The van der Waals surface area contributed by atoms with E-state index in [0.29, 0.717) is 12.5 Å². The van der Waals surface area contributed by atoms with Gasteiger partial charge in [-0.05, 0) is 32.3 Å². The normalized spacial score (nSPS) is 12.1. The van der Waals surface area contributed by atoms with E-state index in [4.69, 9.17) is 4.74 Å². The summed E-state index contributed by atoms with van der Waals surface area (Å²) in [6.07, 6.45) is -0.971. The van der Waals surface area contributed by atoms with Gasteiger partial charge in [0.25, 0.3) is 0 Å². The molecule has 0 bridgehead atoms. The fourth-order valence-corrected chi connectivity index (χ4v) is 1.94. The maximum absolute atomic E-state index is 12.1. The summed E-state index contributed by atoms with van der Waals surface area (Å²) in [5.41, 5.74) is 0.776. The molecule has 1 heterocycles. The predicted molar refractivity (Wildman–Crippen MR) is 94.3 cm³/mol. The fourth-order valence-electron chi connectivity index (χ4n) is 1.94. The number of unbranched alkanes of at least 4 members (excludes halogenated alkanes) is 1. The smallest absolute Gasteiger partial charge is 0.422 e. The molecule has 6 nitrogen and oxygen atoms in total. The molecule has 0 aromatic carbocycles. The molecule has 1 aromatic heterocycles. The quantitative estimate of drug-likeness (QED) is 0.353. The Hall–Kier alpha value is -2.03. The van der Waals surface area contributed by atoms with Crippen molar-refractivity contribution in [2.45, 2.75) is 39.4 Å². The number of halogens is 3. The first kappa shape index (κ1) is 22.0. The molecule has 0 saturated carbocycles. The first-order valence-corrected chi connectivity index (χ1v) is 8.69. The molecule has 2 N–H and O–H groups in total. The van der Waals surface area contributed by atoms with Crippen molar-refractivity contribution in [2.24, 2.45) is 4.99 Å². The van der Waals surface area contributed by atoms with E-state index < -0.39 is 12.8 Å². The highest BCUT2D eigenvalue weighted by atomic mass is 19.4. The minimum Gasteiger partial charge on any atom is -0.468 e. The van der Waals surface area contributed by atoms with Crippen LogP contribution in [0.5, 0.6) is 5.88 Å². The zero-order chi connectivity index (χ0) is 19.3. The summed E-state index contributed by atoms with van der Waals surface area (Å²) in [6, 6.07) is 3.05. The first-order valence-electron chi connectivity index (χ1n) is 8.69. The van der Waals surface area contributed by atoms with Crippen LogP contribution in [0.4, 0.5) is 13.2 Å². The Morgan fingerprint density at radius 1 is 1.19 bits per heavy atom. The molecule has 0 saturated heterocycles. The predicted octanol–water partition coefficient (Wildman–Crippen LogP) is 2.89. The van der Waals surface area contributed by atoms with Gasteiger partial charge in [0.15, 0.2) is 12.6 Å². The standard InChI is InChI=1S/C17H27F3N4O2/c1-3-21-16(22-9-5-6-10-25-4-2)24-12-14-7-8-15(23-11-14)26-13-17(18,19)20/h7-8,11H,3-6,9-10,12-13H2,1-2H3,(H2,21,22,24). The molecular formula is C17H27F3N4O2. The van der Waals surface area contributed by atoms with Gasteiger partial charge in [-0.25, -0.2) is 9.98 Å². The van der Waals surface area contributed by atoms with Crippen LogP contribution in [0.3, 0.4) is 0 Å². The van der Waals surface area contributed by atoms with Gasteiger partial charge in [0.2, 0.25) is 5.88 Å². The molecule has 0 radical (unpaired) electrons. The lowest BCUT2D eigenvalue weighted by Gasteiger charge is -2.11. The summed E-state index contributed by atoms with van der Waals surface area (Å²) in [4.78, 5) is 8.30. The Balaban J connectivity index is 2.42. The lowest BCUT2D eigenvalue weighted by molar-refractivity contribution is -0.154. The van der Waals surface area contributed by atoms with Crippen LogP contribution in [-0.2, 0) is 11.3 Å². The number of aliphatic imine (C=N–C) groups is 1. The number of guanidine groups is 1. The molecule has 0 amide bonds. The number of hydrogen-bond acceptors (Lipinski definition) is 4. The molecule has 0 unspecified atom stereocenters. The van der Waals surface area contributed by atoms with Crippen molar-refractivity contribution in [3.05, 3.63) is 23.9 Å². The van der Waals surface area contributed by atoms with Crippen LogP contribution < -0.4 is 15.4 Å². The summed E-state index contributed by atoms with van der Waals surface area (Å²) in [5.74, 6) is 0.621. The summed E-state index contributed by atoms with van der Waals surface area (Å²) >= 11 is 0. The van der Waals surface area contributed by atoms with Crippen molar-refractivity contribution in [1.29, 1.82) is 0 Å². The summed E-state index contributed by atoms with van der Waals surface area (Å²) in [6.45, 7) is 5.94. The zero-order valence-corrected chi connectivity index (χ0v) is 15.2. The summed E-state index contributed by atoms with van der Waals surface area (Å²) in [7, 11) is 0. The van der Waals surface area contributed by atoms with E-state index in [1.54, 1.807) is 6.07 Å². The van der Waals surface area contributed by atoms with Crippen LogP contribution >= 0.6 is 0 Å². The Morgan fingerprint density at radius 2 is 2.00 bits per heavy atom. The summed E-state index contributed by atoms with van der Waals surface area (Å²) in [5, 5.41) is 6.37. The molecule has 0 atom stereocenters. The van der Waals surface area contributed by atoms with Gasteiger partial charge < -0.3 is 20.1 Å². The van der Waals surface area contributed by atoms with Gasteiger partial charge >= 0.3 is 6.18 Å².